The summed E-state index contributed by atoms with van der Waals surface area (Å²) < 4.78 is 10.4. The summed E-state index contributed by atoms with van der Waals surface area (Å²) in [5.74, 6) is 0.329. The number of ether oxygens (including phenoxy) is 2. The van der Waals surface area contributed by atoms with E-state index >= 15 is 0 Å². The third-order valence-corrected chi connectivity index (χ3v) is 2.29. The van der Waals surface area contributed by atoms with E-state index in [9.17, 15) is 4.79 Å². The Hall–Kier alpha value is -1.19. The normalized spacial score (nSPS) is 20.9. The van der Waals surface area contributed by atoms with Gasteiger partial charge in [0.25, 0.3) is 0 Å². The van der Waals surface area contributed by atoms with Crippen LogP contribution in [-0.2, 0) is 14.3 Å². The second kappa shape index (κ2) is 5.63. The number of carbonyl (C=O) groups is 1. The van der Waals surface area contributed by atoms with Crippen molar-refractivity contribution < 1.29 is 14.3 Å². The van der Waals surface area contributed by atoms with Crippen molar-refractivity contribution in [1.29, 1.82) is 0 Å². The third kappa shape index (κ3) is 3.15. The molecular formula is C11H19NO3. The minimum Gasteiger partial charge on any atom is -0.479 e. The Kier molecular flexibility index (Phi) is 4.46. The molecule has 1 heterocycles. The monoisotopic (exact) mass is 213 g/mol. The van der Waals surface area contributed by atoms with Gasteiger partial charge in [0.1, 0.15) is 0 Å². The summed E-state index contributed by atoms with van der Waals surface area (Å²) in [6.07, 6.45) is 1.66. The molecule has 1 rings (SSSR count). The standard InChI is InChI=1S/C11H19NO3/c1-4-14-10-9(11(13)15-5-2)7-6-8(3)12-10/h8,12H,4-7H2,1-3H3/t8-/m0/s1. The van der Waals surface area contributed by atoms with Crippen LogP contribution < -0.4 is 5.32 Å². The molecule has 0 aromatic rings. The second-order valence-corrected chi connectivity index (χ2v) is 3.55. The van der Waals surface area contributed by atoms with E-state index in [1.54, 1.807) is 6.92 Å². The van der Waals surface area contributed by atoms with Crippen LogP contribution in [0.2, 0.25) is 0 Å². The summed E-state index contributed by atoms with van der Waals surface area (Å²) in [5.41, 5.74) is 0.636. The first-order valence-corrected chi connectivity index (χ1v) is 5.48. The zero-order chi connectivity index (χ0) is 11.3. The van der Waals surface area contributed by atoms with Crippen molar-refractivity contribution in [2.75, 3.05) is 13.2 Å². The molecule has 0 aromatic carbocycles. The number of carbonyl (C=O) groups excluding carboxylic acids is 1. The zero-order valence-electron chi connectivity index (χ0n) is 9.63. The van der Waals surface area contributed by atoms with Crippen LogP contribution in [0.15, 0.2) is 11.5 Å². The Morgan fingerprint density at radius 2 is 2.20 bits per heavy atom. The maximum absolute atomic E-state index is 11.6. The molecule has 0 aliphatic carbocycles. The van der Waals surface area contributed by atoms with Gasteiger partial charge in [-0.25, -0.2) is 4.79 Å². The highest BCUT2D eigenvalue weighted by molar-refractivity contribution is 5.89. The molecule has 86 valence electrons. The highest BCUT2D eigenvalue weighted by atomic mass is 16.5. The van der Waals surface area contributed by atoms with Gasteiger partial charge in [0.15, 0.2) is 5.88 Å². The molecule has 0 fully saturated rings. The van der Waals surface area contributed by atoms with Crippen LogP contribution in [0.5, 0.6) is 0 Å². The average molecular weight is 213 g/mol. The summed E-state index contributed by atoms with van der Waals surface area (Å²) in [7, 11) is 0. The Labute approximate surface area is 90.6 Å². The molecule has 0 spiro atoms. The number of nitrogens with one attached hydrogen (secondary N) is 1. The van der Waals surface area contributed by atoms with Crippen molar-refractivity contribution in [2.45, 2.75) is 39.7 Å². The number of esters is 1. The third-order valence-electron chi connectivity index (χ3n) is 2.29. The minimum atomic E-state index is -0.264. The van der Waals surface area contributed by atoms with Crippen LogP contribution in [0.4, 0.5) is 0 Å². The summed E-state index contributed by atoms with van der Waals surface area (Å²) >= 11 is 0. The Balaban J connectivity index is 2.77. The second-order valence-electron chi connectivity index (χ2n) is 3.55. The number of hydrogen-bond donors (Lipinski definition) is 1. The van der Waals surface area contributed by atoms with Gasteiger partial charge >= 0.3 is 5.97 Å². The molecule has 0 bridgehead atoms. The topological polar surface area (TPSA) is 47.6 Å². The Morgan fingerprint density at radius 3 is 2.80 bits per heavy atom. The summed E-state index contributed by atoms with van der Waals surface area (Å²) in [6.45, 7) is 6.73. The quantitative estimate of drug-likeness (QED) is 0.720. The van der Waals surface area contributed by atoms with Crippen LogP contribution >= 0.6 is 0 Å². The van der Waals surface area contributed by atoms with Crippen LogP contribution in [-0.4, -0.2) is 25.2 Å². The maximum atomic E-state index is 11.6. The van der Waals surface area contributed by atoms with E-state index in [1.165, 1.54) is 0 Å². The summed E-state index contributed by atoms with van der Waals surface area (Å²) in [5, 5.41) is 3.16. The molecule has 0 saturated carbocycles. The molecule has 1 atom stereocenters. The smallest absolute Gasteiger partial charge is 0.339 e. The van der Waals surface area contributed by atoms with E-state index in [2.05, 4.69) is 12.2 Å². The molecule has 0 radical (unpaired) electrons. The van der Waals surface area contributed by atoms with E-state index in [1.807, 2.05) is 6.92 Å². The Bertz CT molecular complexity index is 261. The van der Waals surface area contributed by atoms with Crippen molar-refractivity contribution in [3.05, 3.63) is 11.5 Å². The summed E-state index contributed by atoms with van der Waals surface area (Å²) in [6, 6.07) is 0.352. The van der Waals surface area contributed by atoms with Crippen molar-refractivity contribution in [2.24, 2.45) is 0 Å². The van der Waals surface area contributed by atoms with Gasteiger partial charge < -0.3 is 14.8 Å². The van der Waals surface area contributed by atoms with Crippen LogP contribution in [0, 0.1) is 0 Å². The van der Waals surface area contributed by atoms with E-state index in [4.69, 9.17) is 9.47 Å². The SMILES string of the molecule is CCOC(=O)C1=C(OCC)N[C@@H](C)CC1. The van der Waals surface area contributed by atoms with E-state index in [-0.39, 0.29) is 5.97 Å². The lowest BCUT2D eigenvalue weighted by Gasteiger charge is -2.25. The van der Waals surface area contributed by atoms with E-state index < -0.39 is 0 Å². The van der Waals surface area contributed by atoms with Crippen LogP contribution in [0.25, 0.3) is 0 Å². The predicted molar refractivity (Wildman–Crippen MR) is 57.1 cm³/mol. The lowest BCUT2D eigenvalue weighted by Crippen LogP contribution is -2.34. The molecule has 1 N–H and O–H groups in total. The van der Waals surface area contributed by atoms with Crippen LogP contribution in [0.1, 0.15) is 33.6 Å². The fourth-order valence-electron chi connectivity index (χ4n) is 1.54. The average Bonchev–Trinajstić information content (AvgIpc) is 2.18. The van der Waals surface area contributed by atoms with Crippen LogP contribution in [0.3, 0.4) is 0 Å². The molecule has 4 nitrogen and oxygen atoms in total. The number of hydrogen-bond acceptors (Lipinski definition) is 4. The maximum Gasteiger partial charge on any atom is 0.339 e. The Morgan fingerprint density at radius 1 is 1.47 bits per heavy atom. The van der Waals surface area contributed by atoms with E-state index in [0.29, 0.717) is 30.7 Å². The lowest BCUT2D eigenvalue weighted by atomic mass is 10.0. The van der Waals surface area contributed by atoms with Gasteiger partial charge in [-0.15, -0.1) is 0 Å². The van der Waals surface area contributed by atoms with Crippen molar-refractivity contribution in [3.8, 4) is 0 Å². The molecular weight excluding hydrogens is 194 g/mol. The summed E-state index contributed by atoms with van der Waals surface area (Å²) in [4.78, 5) is 11.6. The van der Waals surface area contributed by atoms with Gasteiger partial charge in [-0.1, -0.05) is 0 Å². The highest BCUT2D eigenvalue weighted by Gasteiger charge is 2.24. The van der Waals surface area contributed by atoms with Crippen molar-refractivity contribution in [1.82, 2.24) is 5.32 Å². The highest BCUT2D eigenvalue weighted by Crippen LogP contribution is 2.20. The minimum absolute atomic E-state index is 0.264. The fraction of sp³-hybridized carbons (Fsp3) is 0.727. The first-order valence-electron chi connectivity index (χ1n) is 5.48. The van der Waals surface area contributed by atoms with Gasteiger partial charge in [-0.2, -0.15) is 0 Å². The molecule has 0 saturated heterocycles. The van der Waals surface area contributed by atoms with Crippen molar-refractivity contribution in [3.63, 3.8) is 0 Å². The predicted octanol–water partition coefficient (Wildman–Crippen LogP) is 1.57. The molecule has 0 aromatic heterocycles. The van der Waals surface area contributed by atoms with Gasteiger partial charge in [0.05, 0.1) is 18.8 Å². The first-order chi connectivity index (χ1) is 7.19. The molecule has 1 aliphatic heterocycles. The first kappa shape index (κ1) is 11.9. The van der Waals surface area contributed by atoms with Gasteiger partial charge in [-0.3, -0.25) is 0 Å². The fourth-order valence-corrected chi connectivity index (χ4v) is 1.54. The molecule has 15 heavy (non-hydrogen) atoms. The van der Waals surface area contributed by atoms with Crippen molar-refractivity contribution >= 4 is 5.97 Å². The zero-order valence-corrected chi connectivity index (χ0v) is 9.63. The molecule has 0 amide bonds. The largest absolute Gasteiger partial charge is 0.479 e. The molecule has 1 aliphatic rings. The number of rotatable bonds is 4. The van der Waals surface area contributed by atoms with Gasteiger partial charge in [0.2, 0.25) is 0 Å². The lowest BCUT2D eigenvalue weighted by molar-refractivity contribution is -0.139. The molecule has 0 unspecified atom stereocenters. The van der Waals surface area contributed by atoms with Gasteiger partial charge in [0, 0.05) is 6.04 Å². The van der Waals surface area contributed by atoms with E-state index in [0.717, 1.165) is 12.8 Å². The van der Waals surface area contributed by atoms with Gasteiger partial charge in [-0.05, 0) is 33.6 Å². The molecule has 4 heteroatoms.